The first-order valence-electron chi connectivity index (χ1n) is 7.03. The van der Waals surface area contributed by atoms with Crippen LogP contribution in [0.15, 0.2) is 24.3 Å². The van der Waals surface area contributed by atoms with Gasteiger partial charge in [-0.25, -0.2) is 0 Å². The van der Waals surface area contributed by atoms with E-state index >= 15 is 0 Å². The van der Waals surface area contributed by atoms with Gasteiger partial charge in [-0.05, 0) is 29.5 Å². The Hall–Kier alpha value is -0.900. The zero-order valence-electron chi connectivity index (χ0n) is 12.4. The molecule has 108 valence electrons. The van der Waals surface area contributed by atoms with Crippen molar-refractivity contribution in [2.75, 3.05) is 26.4 Å². The minimum Gasteiger partial charge on any atom is -0.394 e. The second kappa shape index (κ2) is 8.31. The molecule has 0 atom stereocenters. The third kappa shape index (κ3) is 6.71. The second-order valence-corrected chi connectivity index (χ2v) is 5.81. The molecule has 0 spiro atoms. The van der Waals surface area contributed by atoms with Crippen molar-refractivity contribution in [3.05, 3.63) is 35.4 Å². The molecule has 0 aliphatic rings. The fourth-order valence-electron chi connectivity index (χ4n) is 1.82. The molecule has 1 aromatic carbocycles. The van der Waals surface area contributed by atoms with Crippen molar-refractivity contribution >= 4 is 0 Å². The second-order valence-electron chi connectivity index (χ2n) is 5.81. The maximum absolute atomic E-state index is 8.56. The maximum atomic E-state index is 8.56. The molecule has 0 fully saturated rings. The Morgan fingerprint density at radius 1 is 1.11 bits per heavy atom. The molecule has 0 amide bonds. The molecule has 3 heteroatoms. The van der Waals surface area contributed by atoms with Crippen molar-refractivity contribution < 1.29 is 9.84 Å². The Bertz CT molecular complexity index is 341. The summed E-state index contributed by atoms with van der Waals surface area (Å²) in [5.41, 5.74) is 2.90. The van der Waals surface area contributed by atoms with Crippen molar-refractivity contribution in [2.45, 2.75) is 39.2 Å². The first-order chi connectivity index (χ1) is 9.04. The van der Waals surface area contributed by atoms with Crippen LogP contribution in [0.3, 0.4) is 0 Å². The van der Waals surface area contributed by atoms with Gasteiger partial charge in [0.05, 0.1) is 13.2 Å². The van der Waals surface area contributed by atoms with E-state index in [2.05, 4.69) is 50.4 Å². The van der Waals surface area contributed by atoms with E-state index in [1.807, 2.05) is 0 Å². The Morgan fingerprint density at radius 2 is 1.79 bits per heavy atom. The number of aliphatic hydroxyl groups excluding tert-OH is 1. The van der Waals surface area contributed by atoms with Crippen LogP contribution in [0.4, 0.5) is 0 Å². The largest absolute Gasteiger partial charge is 0.394 e. The van der Waals surface area contributed by atoms with Gasteiger partial charge in [-0.2, -0.15) is 0 Å². The highest BCUT2D eigenvalue weighted by Crippen LogP contribution is 2.22. The number of ether oxygens (including phenoxy) is 1. The summed E-state index contributed by atoms with van der Waals surface area (Å²) in [4.78, 5) is 0. The smallest absolute Gasteiger partial charge is 0.0697 e. The molecule has 0 heterocycles. The number of hydrogen-bond donors (Lipinski definition) is 2. The van der Waals surface area contributed by atoms with E-state index in [0.717, 1.165) is 19.5 Å². The molecule has 0 aliphatic heterocycles. The van der Waals surface area contributed by atoms with Gasteiger partial charge in [-0.15, -0.1) is 0 Å². The molecule has 3 nitrogen and oxygen atoms in total. The molecule has 0 aromatic heterocycles. The van der Waals surface area contributed by atoms with Crippen LogP contribution in [0.1, 0.15) is 38.3 Å². The van der Waals surface area contributed by atoms with E-state index in [0.29, 0.717) is 13.2 Å². The van der Waals surface area contributed by atoms with E-state index in [1.54, 1.807) is 0 Å². The molecular weight excluding hydrogens is 238 g/mol. The van der Waals surface area contributed by atoms with Crippen molar-refractivity contribution in [1.82, 2.24) is 5.32 Å². The number of rotatable bonds is 8. The topological polar surface area (TPSA) is 41.5 Å². The summed E-state index contributed by atoms with van der Waals surface area (Å²) < 4.78 is 5.20. The van der Waals surface area contributed by atoms with Gasteiger partial charge in [0.25, 0.3) is 0 Å². The van der Waals surface area contributed by atoms with Gasteiger partial charge in [0.2, 0.25) is 0 Å². The molecule has 1 aromatic rings. The lowest BCUT2D eigenvalue weighted by Gasteiger charge is -2.19. The maximum Gasteiger partial charge on any atom is 0.0697 e. The Kier molecular flexibility index (Phi) is 7.06. The summed E-state index contributed by atoms with van der Waals surface area (Å²) >= 11 is 0. The summed E-state index contributed by atoms with van der Waals surface area (Å²) in [6.07, 6.45) is 0.972. The zero-order valence-corrected chi connectivity index (χ0v) is 12.4. The molecule has 0 aliphatic carbocycles. The van der Waals surface area contributed by atoms with Crippen molar-refractivity contribution in [3.8, 4) is 0 Å². The number of aliphatic hydroxyl groups is 1. The lowest BCUT2D eigenvalue weighted by Crippen LogP contribution is -2.17. The SMILES string of the molecule is CC(C)(C)c1ccc(CNCCCOCCO)cc1. The van der Waals surface area contributed by atoms with Gasteiger partial charge in [0.1, 0.15) is 0 Å². The molecule has 2 N–H and O–H groups in total. The van der Waals surface area contributed by atoms with Crippen LogP contribution in [-0.2, 0) is 16.7 Å². The Balaban J connectivity index is 2.20. The molecule has 0 bridgehead atoms. The highest BCUT2D eigenvalue weighted by atomic mass is 16.5. The van der Waals surface area contributed by atoms with Crippen LogP contribution in [0, 0.1) is 0 Å². The summed E-state index contributed by atoms with van der Waals surface area (Å²) in [6, 6.07) is 8.80. The monoisotopic (exact) mass is 265 g/mol. The van der Waals surface area contributed by atoms with Gasteiger partial charge < -0.3 is 15.2 Å². The van der Waals surface area contributed by atoms with Gasteiger partial charge >= 0.3 is 0 Å². The van der Waals surface area contributed by atoms with Crippen molar-refractivity contribution in [1.29, 1.82) is 0 Å². The summed E-state index contributed by atoms with van der Waals surface area (Å²) in [5.74, 6) is 0. The summed E-state index contributed by atoms with van der Waals surface area (Å²) in [7, 11) is 0. The number of benzene rings is 1. The molecular formula is C16H27NO2. The van der Waals surface area contributed by atoms with Crippen LogP contribution in [-0.4, -0.2) is 31.5 Å². The molecule has 1 rings (SSSR count). The molecule has 0 unspecified atom stereocenters. The van der Waals surface area contributed by atoms with Crippen LogP contribution in [0.25, 0.3) is 0 Å². The summed E-state index contributed by atoms with van der Waals surface area (Å²) in [6.45, 7) is 9.77. The van der Waals surface area contributed by atoms with Gasteiger partial charge in [0.15, 0.2) is 0 Å². The average molecular weight is 265 g/mol. The molecule has 0 saturated heterocycles. The Labute approximate surface area is 117 Å². The van der Waals surface area contributed by atoms with Gasteiger partial charge in [0, 0.05) is 13.2 Å². The third-order valence-electron chi connectivity index (χ3n) is 3.03. The fourth-order valence-corrected chi connectivity index (χ4v) is 1.82. The first kappa shape index (κ1) is 16.2. The summed E-state index contributed by atoms with van der Waals surface area (Å²) in [5, 5.41) is 12.0. The van der Waals surface area contributed by atoms with Crippen LogP contribution < -0.4 is 5.32 Å². The molecule has 0 radical (unpaired) electrons. The zero-order chi connectivity index (χ0) is 14.1. The molecule has 0 saturated carbocycles. The van der Waals surface area contributed by atoms with Crippen LogP contribution in [0.5, 0.6) is 0 Å². The number of nitrogens with one attached hydrogen (secondary N) is 1. The van der Waals surface area contributed by atoms with Gasteiger partial charge in [-0.3, -0.25) is 0 Å². The minimum atomic E-state index is 0.105. The van der Waals surface area contributed by atoms with E-state index in [1.165, 1.54) is 11.1 Å². The van der Waals surface area contributed by atoms with Crippen LogP contribution in [0.2, 0.25) is 0 Å². The normalized spacial score (nSPS) is 11.8. The third-order valence-corrected chi connectivity index (χ3v) is 3.03. The Morgan fingerprint density at radius 3 is 2.37 bits per heavy atom. The highest BCUT2D eigenvalue weighted by Gasteiger charge is 2.12. The molecule has 19 heavy (non-hydrogen) atoms. The van der Waals surface area contributed by atoms with Crippen molar-refractivity contribution in [2.24, 2.45) is 0 Å². The van der Waals surface area contributed by atoms with E-state index < -0.39 is 0 Å². The standard InChI is InChI=1S/C16H27NO2/c1-16(2,3)15-7-5-14(6-8-15)13-17-9-4-11-19-12-10-18/h5-8,17-18H,4,9-13H2,1-3H3. The quantitative estimate of drug-likeness (QED) is 0.710. The average Bonchev–Trinajstić information content (AvgIpc) is 2.37. The van der Waals surface area contributed by atoms with E-state index in [-0.39, 0.29) is 12.0 Å². The lowest BCUT2D eigenvalue weighted by molar-refractivity contribution is 0.0907. The predicted octanol–water partition coefficient (Wildman–Crippen LogP) is 2.47. The van der Waals surface area contributed by atoms with Crippen molar-refractivity contribution in [3.63, 3.8) is 0 Å². The fraction of sp³-hybridized carbons (Fsp3) is 0.625. The minimum absolute atomic E-state index is 0.105. The van der Waals surface area contributed by atoms with Crippen LogP contribution >= 0.6 is 0 Å². The van der Waals surface area contributed by atoms with E-state index in [9.17, 15) is 0 Å². The lowest BCUT2D eigenvalue weighted by atomic mass is 9.87. The predicted molar refractivity (Wildman–Crippen MR) is 79.4 cm³/mol. The first-order valence-corrected chi connectivity index (χ1v) is 7.03. The van der Waals surface area contributed by atoms with E-state index in [4.69, 9.17) is 9.84 Å². The number of hydrogen-bond acceptors (Lipinski definition) is 3. The van der Waals surface area contributed by atoms with Gasteiger partial charge in [-0.1, -0.05) is 45.0 Å². The highest BCUT2D eigenvalue weighted by molar-refractivity contribution is 5.27.